The SMILES string of the molecule is Cc1cccc(N2CCN(S(=O)(=O)C[C@H]3CC[C@H](N(C)c4ncnc5[nH]ccc45)CC3)CC2)n1. The fraction of sp³-hybridized carbons (Fsp3) is 0.542. The topological polar surface area (TPSA) is 98.3 Å². The van der Waals surface area contributed by atoms with Crippen LogP contribution in [0.2, 0.25) is 0 Å². The van der Waals surface area contributed by atoms with Gasteiger partial charge in [-0.2, -0.15) is 4.31 Å². The summed E-state index contributed by atoms with van der Waals surface area (Å²) >= 11 is 0. The predicted molar refractivity (Wildman–Crippen MR) is 135 cm³/mol. The van der Waals surface area contributed by atoms with Gasteiger partial charge in [0.2, 0.25) is 10.0 Å². The molecule has 0 spiro atoms. The zero-order valence-electron chi connectivity index (χ0n) is 19.9. The normalized spacial score (nSPS) is 22.2. The van der Waals surface area contributed by atoms with Crippen molar-refractivity contribution in [1.29, 1.82) is 0 Å². The summed E-state index contributed by atoms with van der Waals surface area (Å²) in [5.41, 5.74) is 1.82. The number of nitrogens with one attached hydrogen (secondary N) is 1. The van der Waals surface area contributed by atoms with Crippen LogP contribution < -0.4 is 9.80 Å². The van der Waals surface area contributed by atoms with E-state index in [0.29, 0.717) is 32.2 Å². The Labute approximate surface area is 201 Å². The number of hydrogen-bond donors (Lipinski definition) is 1. The van der Waals surface area contributed by atoms with Crippen LogP contribution >= 0.6 is 0 Å². The number of hydrogen-bond acceptors (Lipinski definition) is 7. The van der Waals surface area contributed by atoms with E-state index in [0.717, 1.165) is 54.0 Å². The van der Waals surface area contributed by atoms with E-state index < -0.39 is 10.0 Å². The first-order valence-corrected chi connectivity index (χ1v) is 13.7. The highest BCUT2D eigenvalue weighted by Crippen LogP contribution is 2.32. The molecule has 1 saturated carbocycles. The van der Waals surface area contributed by atoms with Crippen molar-refractivity contribution < 1.29 is 8.42 Å². The molecule has 182 valence electrons. The maximum Gasteiger partial charge on any atom is 0.214 e. The van der Waals surface area contributed by atoms with Gasteiger partial charge in [-0.15, -0.1) is 0 Å². The van der Waals surface area contributed by atoms with Crippen molar-refractivity contribution in [2.45, 2.75) is 38.6 Å². The van der Waals surface area contributed by atoms with Crippen molar-refractivity contribution in [3.05, 3.63) is 42.5 Å². The lowest BCUT2D eigenvalue weighted by Crippen LogP contribution is -2.50. The third kappa shape index (κ3) is 4.74. The maximum absolute atomic E-state index is 13.2. The quantitative estimate of drug-likeness (QED) is 0.576. The first-order valence-electron chi connectivity index (χ1n) is 12.1. The van der Waals surface area contributed by atoms with E-state index >= 15 is 0 Å². The van der Waals surface area contributed by atoms with Gasteiger partial charge in [-0.05, 0) is 56.7 Å². The lowest BCUT2D eigenvalue weighted by Gasteiger charge is -2.37. The van der Waals surface area contributed by atoms with Crippen LogP contribution in [0.4, 0.5) is 11.6 Å². The second-order valence-corrected chi connectivity index (χ2v) is 11.5. The van der Waals surface area contributed by atoms with Crippen LogP contribution in [0.15, 0.2) is 36.8 Å². The highest BCUT2D eigenvalue weighted by molar-refractivity contribution is 7.89. The molecule has 4 heterocycles. The first-order chi connectivity index (χ1) is 16.4. The standard InChI is InChI=1S/C24H33N7O2S/c1-18-4-3-5-22(28-18)30-12-14-31(15-13-30)34(32,33)16-19-6-8-20(9-7-19)29(2)24-21-10-11-25-23(21)26-17-27-24/h3-5,10-11,17,19-20H,6-9,12-16H2,1-2H3,(H,25,26,27)/t19-,20-. The molecule has 34 heavy (non-hydrogen) atoms. The average Bonchev–Trinajstić information content (AvgIpc) is 3.33. The number of sulfonamides is 1. The van der Waals surface area contributed by atoms with Crippen molar-refractivity contribution >= 4 is 32.7 Å². The van der Waals surface area contributed by atoms with Crippen molar-refractivity contribution in [2.24, 2.45) is 5.92 Å². The minimum atomic E-state index is -3.26. The fourth-order valence-corrected chi connectivity index (χ4v) is 7.17. The van der Waals surface area contributed by atoms with Crippen molar-refractivity contribution in [1.82, 2.24) is 24.2 Å². The second kappa shape index (κ2) is 9.50. The minimum Gasteiger partial charge on any atom is -0.356 e. The summed E-state index contributed by atoms with van der Waals surface area (Å²) in [4.78, 5) is 20.9. The summed E-state index contributed by atoms with van der Waals surface area (Å²) in [6.07, 6.45) is 7.26. The van der Waals surface area contributed by atoms with Gasteiger partial charge in [0.15, 0.2) is 0 Å². The molecule has 2 aliphatic rings. The number of fused-ring (bicyclic) bond motifs is 1. The molecule has 10 heteroatoms. The molecule has 0 radical (unpaired) electrons. The summed E-state index contributed by atoms with van der Waals surface area (Å²) < 4.78 is 28.0. The molecule has 1 aliphatic heterocycles. The Balaban J connectivity index is 1.14. The van der Waals surface area contributed by atoms with Crippen LogP contribution in [0.1, 0.15) is 31.4 Å². The Bertz CT molecular complexity index is 1230. The van der Waals surface area contributed by atoms with E-state index in [9.17, 15) is 8.42 Å². The van der Waals surface area contributed by atoms with Crippen LogP contribution in [0.5, 0.6) is 0 Å². The monoisotopic (exact) mass is 483 g/mol. The molecule has 0 unspecified atom stereocenters. The van der Waals surface area contributed by atoms with E-state index in [-0.39, 0.29) is 11.7 Å². The van der Waals surface area contributed by atoms with Gasteiger partial charge in [0.1, 0.15) is 23.6 Å². The van der Waals surface area contributed by atoms with Gasteiger partial charge < -0.3 is 14.8 Å². The number of nitrogens with zero attached hydrogens (tertiary/aromatic N) is 6. The summed E-state index contributed by atoms with van der Waals surface area (Å²) in [6.45, 7) is 4.39. The highest BCUT2D eigenvalue weighted by Gasteiger charge is 2.33. The van der Waals surface area contributed by atoms with E-state index in [2.05, 4.69) is 36.8 Å². The zero-order valence-corrected chi connectivity index (χ0v) is 20.7. The maximum atomic E-state index is 13.2. The molecule has 0 bridgehead atoms. The molecule has 9 nitrogen and oxygen atoms in total. The molecule has 1 N–H and O–H groups in total. The summed E-state index contributed by atoms with van der Waals surface area (Å²) in [5, 5.41) is 1.02. The molecular weight excluding hydrogens is 450 g/mol. The number of piperazine rings is 1. The molecular formula is C24H33N7O2S. The Morgan fingerprint density at radius 1 is 1.06 bits per heavy atom. The van der Waals surface area contributed by atoms with Crippen molar-refractivity contribution in [3.8, 4) is 0 Å². The molecule has 0 atom stereocenters. The van der Waals surface area contributed by atoms with Gasteiger partial charge in [-0.3, -0.25) is 0 Å². The molecule has 2 fully saturated rings. The average molecular weight is 484 g/mol. The Morgan fingerprint density at radius 2 is 1.82 bits per heavy atom. The zero-order chi connectivity index (χ0) is 23.7. The molecule has 0 aromatic carbocycles. The molecule has 3 aromatic rings. The summed E-state index contributed by atoms with van der Waals surface area (Å²) in [5.74, 6) is 2.33. The lowest BCUT2D eigenvalue weighted by atomic mass is 9.86. The summed E-state index contributed by atoms with van der Waals surface area (Å²) in [7, 11) is -1.18. The lowest BCUT2D eigenvalue weighted by molar-refractivity contribution is 0.329. The van der Waals surface area contributed by atoms with Crippen molar-refractivity contribution in [2.75, 3.05) is 48.8 Å². The van der Waals surface area contributed by atoms with Crippen LogP contribution in [0, 0.1) is 12.8 Å². The molecule has 5 rings (SSSR count). The Hall–Kier alpha value is -2.72. The molecule has 1 aliphatic carbocycles. The number of pyridine rings is 1. The highest BCUT2D eigenvalue weighted by atomic mass is 32.2. The molecule has 3 aromatic heterocycles. The number of aromatic amines is 1. The molecule has 0 amide bonds. The van der Waals surface area contributed by atoms with Gasteiger partial charge in [-0.1, -0.05) is 6.07 Å². The molecule has 1 saturated heterocycles. The number of H-pyrrole nitrogens is 1. The third-order valence-electron chi connectivity index (χ3n) is 7.31. The number of anilines is 2. The van der Waals surface area contributed by atoms with Gasteiger partial charge in [0, 0.05) is 51.2 Å². The van der Waals surface area contributed by atoms with Crippen LogP contribution in [-0.2, 0) is 10.0 Å². The Kier molecular flexibility index (Phi) is 6.44. The Morgan fingerprint density at radius 3 is 2.56 bits per heavy atom. The van der Waals surface area contributed by atoms with Crippen LogP contribution in [-0.4, -0.2) is 77.7 Å². The second-order valence-electron chi connectivity index (χ2n) is 9.52. The van der Waals surface area contributed by atoms with E-state index in [4.69, 9.17) is 0 Å². The largest absolute Gasteiger partial charge is 0.356 e. The van der Waals surface area contributed by atoms with E-state index in [1.54, 1.807) is 10.6 Å². The van der Waals surface area contributed by atoms with E-state index in [1.807, 2.05) is 37.4 Å². The number of aryl methyl sites for hydroxylation is 1. The third-order valence-corrected chi connectivity index (χ3v) is 9.35. The summed E-state index contributed by atoms with van der Waals surface area (Å²) in [6, 6.07) is 8.34. The first kappa shape index (κ1) is 23.0. The predicted octanol–water partition coefficient (Wildman–Crippen LogP) is 2.81. The van der Waals surface area contributed by atoms with Gasteiger partial charge in [-0.25, -0.2) is 23.4 Å². The number of aromatic nitrogens is 4. The minimum absolute atomic E-state index is 0.212. The van der Waals surface area contributed by atoms with Crippen molar-refractivity contribution in [3.63, 3.8) is 0 Å². The smallest absolute Gasteiger partial charge is 0.214 e. The fourth-order valence-electron chi connectivity index (χ4n) is 5.31. The van der Waals surface area contributed by atoms with Gasteiger partial charge >= 0.3 is 0 Å². The van der Waals surface area contributed by atoms with Crippen LogP contribution in [0.25, 0.3) is 11.0 Å². The number of rotatable bonds is 6. The van der Waals surface area contributed by atoms with Gasteiger partial charge in [0.25, 0.3) is 0 Å². The van der Waals surface area contributed by atoms with E-state index in [1.165, 1.54) is 0 Å². The van der Waals surface area contributed by atoms with Crippen LogP contribution in [0.3, 0.4) is 0 Å². The van der Waals surface area contributed by atoms with Gasteiger partial charge in [0.05, 0.1) is 11.1 Å².